The molecule has 0 saturated heterocycles. The zero-order chi connectivity index (χ0) is 12.4. The van der Waals surface area contributed by atoms with Crippen molar-refractivity contribution in [2.75, 3.05) is 0 Å². The Bertz CT molecular complexity index is 573. The summed E-state index contributed by atoms with van der Waals surface area (Å²) in [4.78, 5) is 11.4. The first-order valence-corrected chi connectivity index (χ1v) is 5.83. The van der Waals surface area contributed by atoms with E-state index >= 15 is 0 Å². The fraction of sp³-hybridized carbons (Fsp3) is 0.133. The number of carbonyl (C=O) groups is 1. The van der Waals surface area contributed by atoms with E-state index in [1.54, 1.807) is 6.92 Å². The molecule has 17 heavy (non-hydrogen) atoms. The highest BCUT2D eigenvalue weighted by Crippen LogP contribution is 2.27. The molecule has 1 nitrogen and oxygen atoms in total. The summed E-state index contributed by atoms with van der Waals surface area (Å²) < 4.78 is 0. The van der Waals surface area contributed by atoms with Gasteiger partial charge in [0.05, 0.1) is 0 Å². The minimum atomic E-state index is 0.0755. The van der Waals surface area contributed by atoms with Crippen LogP contribution in [0.4, 0.5) is 0 Å². The van der Waals surface area contributed by atoms with E-state index in [-0.39, 0.29) is 5.78 Å². The lowest BCUT2D eigenvalue weighted by molar-refractivity contribution is 0.101. The Kier molecular flexibility index (Phi) is 3.30. The Morgan fingerprint density at radius 3 is 2.59 bits per heavy atom. The first kappa shape index (κ1) is 11.9. The first-order chi connectivity index (χ1) is 8.08. The van der Waals surface area contributed by atoms with E-state index in [0.717, 1.165) is 22.3 Å². The number of hydrogen-bond acceptors (Lipinski definition) is 1. The lowest BCUT2D eigenvalue weighted by Gasteiger charge is -2.07. The van der Waals surface area contributed by atoms with Crippen LogP contribution in [-0.2, 0) is 0 Å². The van der Waals surface area contributed by atoms with Crippen LogP contribution in [-0.4, -0.2) is 5.78 Å². The number of carbonyl (C=O) groups excluding carboxylic acids is 1. The summed E-state index contributed by atoms with van der Waals surface area (Å²) in [6.45, 7) is 3.61. The zero-order valence-electron chi connectivity index (χ0n) is 9.83. The number of ketones is 1. The summed E-state index contributed by atoms with van der Waals surface area (Å²) >= 11 is 6.00. The van der Waals surface area contributed by atoms with E-state index in [9.17, 15) is 4.79 Å². The van der Waals surface area contributed by atoms with E-state index in [1.165, 1.54) is 0 Å². The fourth-order valence-corrected chi connectivity index (χ4v) is 1.98. The maximum atomic E-state index is 11.4. The smallest absolute Gasteiger partial charge is 0.159 e. The molecule has 0 amide bonds. The Morgan fingerprint density at radius 2 is 1.88 bits per heavy atom. The molecule has 0 heterocycles. The van der Waals surface area contributed by atoms with Crippen LogP contribution in [0.15, 0.2) is 42.5 Å². The topological polar surface area (TPSA) is 17.1 Å². The van der Waals surface area contributed by atoms with Crippen molar-refractivity contribution in [3.63, 3.8) is 0 Å². The third-order valence-corrected chi connectivity index (χ3v) is 3.01. The average Bonchev–Trinajstić information content (AvgIpc) is 2.32. The molecule has 0 saturated carbocycles. The third-order valence-electron chi connectivity index (χ3n) is 2.78. The number of halogens is 1. The lowest BCUT2D eigenvalue weighted by Crippen LogP contribution is -1.92. The van der Waals surface area contributed by atoms with Gasteiger partial charge in [-0.1, -0.05) is 35.9 Å². The second-order valence-electron chi connectivity index (χ2n) is 4.10. The molecule has 0 radical (unpaired) electrons. The second-order valence-corrected chi connectivity index (χ2v) is 4.53. The quantitative estimate of drug-likeness (QED) is 0.710. The zero-order valence-corrected chi connectivity index (χ0v) is 10.6. The molecule has 0 fully saturated rings. The normalized spacial score (nSPS) is 10.3. The molecule has 2 rings (SSSR count). The monoisotopic (exact) mass is 244 g/mol. The van der Waals surface area contributed by atoms with Gasteiger partial charge in [-0.3, -0.25) is 4.79 Å². The van der Waals surface area contributed by atoms with Crippen molar-refractivity contribution >= 4 is 17.4 Å². The van der Waals surface area contributed by atoms with Crippen LogP contribution < -0.4 is 0 Å². The fourth-order valence-electron chi connectivity index (χ4n) is 1.81. The Labute approximate surface area is 106 Å². The summed E-state index contributed by atoms with van der Waals surface area (Å²) in [5, 5.41) is 0.707. The summed E-state index contributed by atoms with van der Waals surface area (Å²) in [6, 6.07) is 13.4. The number of hydrogen-bond donors (Lipinski definition) is 0. The SMILES string of the molecule is CC(=O)c1cccc(-c2cc(Cl)ccc2C)c1. The molecule has 0 aliphatic rings. The largest absolute Gasteiger partial charge is 0.295 e. The van der Waals surface area contributed by atoms with Crippen LogP contribution in [0.2, 0.25) is 5.02 Å². The molecule has 2 heteroatoms. The van der Waals surface area contributed by atoms with Crippen molar-refractivity contribution in [1.29, 1.82) is 0 Å². The standard InChI is InChI=1S/C15H13ClO/c1-10-6-7-14(16)9-15(10)13-5-3-4-12(8-13)11(2)17/h3-9H,1-2H3. The van der Waals surface area contributed by atoms with Gasteiger partial charge in [-0.2, -0.15) is 0 Å². The van der Waals surface area contributed by atoms with Gasteiger partial charge in [-0.25, -0.2) is 0 Å². The van der Waals surface area contributed by atoms with Crippen molar-refractivity contribution in [1.82, 2.24) is 0 Å². The minimum absolute atomic E-state index is 0.0755. The summed E-state index contributed by atoms with van der Waals surface area (Å²) in [7, 11) is 0. The molecule has 0 aliphatic heterocycles. The molecule has 0 atom stereocenters. The van der Waals surface area contributed by atoms with Gasteiger partial charge < -0.3 is 0 Å². The van der Waals surface area contributed by atoms with Gasteiger partial charge in [0.15, 0.2) is 5.78 Å². The molecule has 0 bridgehead atoms. The van der Waals surface area contributed by atoms with E-state index in [4.69, 9.17) is 11.6 Å². The Morgan fingerprint density at radius 1 is 1.12 bits per heavy atom. The summed E-state index contributed by atoms with van der Waals surface area (Å²) in [5.74, 6) is 0.0755. The van der Waals surface area contributed by atoms with Crippen molar-refractivity contribution in [3.05, 3.63) is 58.6 Å². The van der Waals surface area contributed by atoms with E-state index in [1.807, 2.05) is 49.4 Å². The van der Waals surface area contributed by atoms with Gasteiger partial charge in [0.1, 0.15) is 0 Å². The van der Waals surface area contributed by atoms with Gasteiger partial charge in [0.2, 0.25) is 0 Å². The molecule has 0 aromatic heterocycles. The number of benzene rings is 2. The van der Waals surface area contributed by atoms with Gasteiger partial charge in [0, 0.05) is 10.6 Å². The average molecular weight is 245 g/mol. The molecule has 2 aromatic carbocycles. The third kappa shape index (κ3) is 2.56. The second kappa shape index (κ2) is 4.72. The maximum Gasteiger partial charge on any atom is 0.159 e. The molecule has 2 aromatic rings. The van der Waals surface area contributed by atoms with Crippen LogP contribution in [0.1, 0.15) is 22.8 Å². The Hall–Kier alpha value is -1.60. The van der Waals surface area contributed by atoms with Crippen LogP contribution >= 0.6 is 11.6 Å². The highest BCUT2D eigenvalue weighted by Gasteiger charge is 2.05. The predicted molar refractivity (Wildman–Crippen MR) is 71.6 cm³/mol. The van der Waals surface area contributed by atoms with Gasteiger partial charge in [0.25, 0.3) is 0 Å². The van der Waals surface area contributed by atoms with Crippen molar-refractivity contribution < 1.29 is 4.79 Å². The van der Waals surface area contributed by atoms with E-state index < -0.39 is 0 Å². The number of rotatable bonds is 2. The highest BCUT2D eigenvalue weighted by molar-refractivity contribution is 6.30. The van der Waals surface area contributed by atoms with Crippen molar-refractivity contribution in [2.24, 2.45) is 0 Å². The molecule has 0 spiro atoms. The molecule has 86 valence electrons. The van der Waals surface area contributed by atoms with Crippen LogP contribution in [0.25, 0.3) is 11.1 Å². The first-order valence-electron chi connectivity index (χ1n) is 5.45. The molecule has 0 unspecified atom stereocenters. The maximum absolute atomic E-state index is 11.4. The predicted octanol–water partition coefficient (Wildman–Crippen LogP) is 4.52. The molecular formula is C15H13ClO. The van der Waals surface area contributed by atoms with Crippen LogP contribution in [0.3, 0.4) is 0 Å². The van der Waals surface area contributed by atoms with Crippen LogP contribution in [0, 0.1) is 6.92 Å². The lowest BCUT2D eigenvalue weighted by atomic mass is 9.98. The van der Waals surface area contributed by atoms with Gasteiger partial charge in [-0.05, 0) is 48.7 Å². The van der Waals surface area contributed by atoms with E-state index in [2.05, 4.69) is 0 Å². The number of Topliss-reactive ketones (excluding diaryl/α,β-unsaturated/α-hetero) is 1. The molecular weight excluding hydrogens is 232 g/mol. The molecule has 0 aliphatic carbocycles. The summed E-state index contributed by atoms with van der Waals surface area (Å²) in [5.41, 5.74) is 3.97. The van der Waals surface area contributed by atoms with Crippen LogP contribution in [0.5, 0.6) is 0 Å². The van der Waals surface area contributed by atoms with Gasteiger partial charge in [-0.15, -0.1) is 0 Å². The minimum Gasteiger partial charge on any atom is -0.295 e. The molecule has 0 N–H and O–H groups in total. The summed E-state index contributed by atoms with van der Waals surface area (Å²) in [6.07, 6.45) is 0. The van der Waals surface area contributed by atoms with Crippen molar-refractivity contribution in [2.45, 2.75) is 13.8 Å². The van der Waals surface area contributed by atoms with Crippen molar-refractivity contribution in [3.8, 4) is 11.1 Å². The van der Waals surface area contributed by atoms with Gasteiger partial charge >= 0.3 is 0 Å². The van der Waals surface area contributed by atoms with E-state index in [0.29, 0.717) is 5.02 Å². The number of aryl methyl sites for hydroxylation is 1. The Balaban J connectivity index is 2.56. The highest BCUT2D eigenvalue weighted by atomic mass is 35.5.